The van der Waals surface area contributed by atoms with Crippen molar-refractivity contribution in [1.82, 2.24) is 10.6 Å². The van der Waals surface area contributed by atoms with Gasteiger partial charge in [0.25, 0.3) is 0 Å². The highest BCUT2D eigenvalue weighted by atomic mass is 32.2. The van der Waals surface area contributed by atoms with Gasteiger partial charge in [0.2, 0.25) is 11.8 Å². The molecule has 5 nitrogen and oxygen atoms in total. The van der Waals surface area contributed by atoms with E-state index in [1.807, 2.05) is 6.92 Å². The lowest BCUT2D eigenvalue weighted by atomic mass is 10.5. The first-order valence-corrected chi connectivity index (χ1v) is 7.03. The molecule has 0 aromatic rings. The third-order valence-corrected chi connectivity index (χ3v) is 3.96. The minimum absolute atomic E-state index is 0.0485. The van der Waals surface area contributed by atoms with Crippen molar-refractivity contribution >= 4 is 39.7 Å². The Kier molecular flexibility index (Phi) is 6.32. The topological polar surface area (TPSA) is 70.6 Å². The number of amides is 2. The molecule has 2 amide bonds. The van der Waals surface area contributed by atoms with E-state index in [-0.39, 0.29) is 18.4 Å². The second-order valence-corrected chi connectivity index (χ2v) is 5.32. The standard InChI is InChI=1S/C9H15N3O2S2/c1-2-10-7(13)5-12-8(14)6-16-9-11-3-4-15-9/h2-6H2,1H3,(H,10,13)(H,12,14). The van der Waals surface area contributed by atoms with Gasteiger partial charge in [0, 0.05) is 12.3 Å². The maximum absolute atomic E-state index is 11.3. The molecule has 0 bridgehead atoms. The van der Waals surface area contributed by atoms with Crippen molar-refractivity contribution in [1.29, 1.82) is 0 Å². The fourth-order valence-electron chi connectivity index (χ4n) is 1.02. The van der Waals surface area contributed by atoms with Crippen LogP contribution in [-0.2, 0) is 9.59 Å². The Labute approximate surface area is 103 Å². The Morgan fingerprint density at radius 3 is 2.88 bits per heavy atom. The lowest BCUT2D eigenvalue weighted by Crippen LogP contribution is -2.37. The highest BCUT2D eigenvalue weighted by Gasteiger charge is 2.10. The van der Waals surface area contributed by atoms with E-state index < -0.39 is 0 Å². The summed E-state index contributed by atoms with van der Waals surface area (Å²) in [5.41, 5.74) is 0. The van der Waals surface area contributed by atoms with Gasteiger partial charge < -0.3 is 10.6 Å². The molecule has 1 aliphatic rings. The minimum Gasteiger partial charge on any atom is -0.355 e. The summed E-state index contributed by atoms with van der Waals surface area (Å²) in [5, 5.41) is 5.16. The molecule has 0 saturated carbocycles. The largest absolute Gasteiger partial charge is 0.355 e. The number of carbonyl (C=O) groups is 2. The molecule has 0 aliphatic carbocycles. The van der Waals surface area contributed by atoms with Crippen LogP contribution in [-0.4, -0.2) is 47.3 Å². The minimum atomic E-state index is -0.159. The Morgan fingerprint density at radius 1 is 1.44 bits per heavy atom. The SMILES string of the molecule is CCNC(=O)CNC(=O)CSC1=NCCS1. The normalized spacial score (nSPS) is 14.4. The zero-order valence-corrected chi connectivity index (χ0v) is 10.7. The highest BCUT2D eigenvalue weighted by Crippen LogP contribution is 2.21. The van der Waals surface area contributed by atoms with Crippen LogP contribution < -0.4 is 10.6 Å². The molecular formula is C9H15N3O2S2. The van der Waals surface area contributed by atoms with Crippen molar-refractivity contribution in [2.45, 2.75) is 6.92 Å². The van der Waals surface area contributed by atoms with E-state index in [2.05, 4.69) is 15.6 Å². The van der Waals surface area contributed by atoms with Crippen molar-refractivity contribution in [3.05, 3.63) is 0 Å². The average molecular weight is 261 g/mol. The Hall–Kier alpha value is -0.690. The van der Waals surface area contributed by atoms with E-state index in [0.29, 0.717) is 12.3 Å². The van der Waals surface area contributed by atoms with Crippen LogP contribution in [0.5, 0.6) is 0 Å². The van der Waals surface area contributed by atoms with Crippen LogP contribution in [0.2, 0.25) is 0 Å². The fraction of sp³-hybridized carbons (Fsp3) is 0.667. The number of rotatable bonds is 5. The van der Waals surface area contributed by atoms with Gasteiger partial charge in [-0.2, -0.15) is 0 Å². The molecule has 16 heavy (non-hydrogen) atoms. The number of aliphatic imine (C=N–C) groups is 1. The van der Waals surface area contributed by atoms with Gasteiger partial charge >= 0.3 is 0 Å². The summed E-state index contributed by atoms with van der Waals surface area (Å²) in [6.45, 7) is 3.31. The number of hydrogen-bond donors (Lipinski definition) is 2. The number of nitrogens with one attached hydrogen (secondary N) is 2. The summed E-state index contributed by atoms with van der Waals surface area (Å²) in [7, 11) is 0. The molecule has 0 unspecified atom stereocenters. The van der Waals surface area contributed by atoms with Gasteiger partial charge in [-0.05, 0) is 6.92 Å². The molecule has 0 aromatic carbocycles. The Balaban J connectivity index is 2.08. The molecule has 1 heterocycles. The third-order valence-electron chi connectivity index (χ3n) is 1.70. The number of carbonyl (C=O) groups excluding carboxylic acids is 2. The quantitative estimate of drug-likeness (QED) is 0.735. The highest BCUT2D eigenvalue weighted by molar-refractivity contribution is 8.39. The van der Waals surface area contributed by atoms with Gasteiger partial charge in [0.05, 0.1) is 18.8 Å². The fourth-order valence-corrected chi connectivity index (χ4v) is 2.86. The molecule has 0 atom stereocenters. The summed E-state index contributed by atoms with van der Waals surface area (Å²) in [6, 6.07) is 0. The predicted molar refractivity (Wildman–Crippen MR) is 68.9 cm³/mol. The van der Waals surface area contributed by atoms with Gasteiger partial charge in [-0.1, -0.05) is 23.5 Å². The summed E-state index contributed by atoms with van der Waals surface area (Å²) in [6.07, 6.45) is 0. The smallest absolute Gasteiger partial charge is 0.239 e. The van der Waals surface area contributed by atoms with Crippen LogP contribution in [0.15, 0.2) is 4.99 Å². The van der Waals surface area contributed by atoms with E-state index in [4.69, 9.17) is 0 Å². The summed E-state index contributed by atoms with van der Waals surface area (Å²) in [5.74, 6) is 1.04. The molecule has 0 saturated heterocycles. The first-order chi connectivity index (χ1) is 7.72. The van der Waals surface area contributed by atoms with E-state index in [1.165, 1.54) is 11.8 Å². The summed E-state index contributed by atoms with van der Waals surface area (Å²) in [4.78, 5) is 26.6. The Bertz CT molecular complexity index is 294. The number of nitrogens with zero attached hydrogens (tertiary/aromatic N) is 1. The molecule has 2 N–H and O–H groups in total. The van der Waals surface area contributed by atoms with Crippen molar-refractivity contribution < 1.29 is 9.59 Å². The second kappa shape index (κ2) is 7.56. The maximum Gasteiger partial charge on any atom is 0.239 e. The molecule has 90 valence electrons. The van der Waals surface area contributed by atoms with Crippen molar-refractivity contribution in [2.24, 2.45) is 4.99 Å². The van der Waals surface area contributed by atoms with Gasteiger partial charge in [-0.3, -0.25) is 14.6 Å². The molecule has 0 aromatic heterocycles. The van der Waals surface area contributed by atoms with Crippen LogP contribution in [0.4, 0.5) is 0 Å². The third kappa shape index (κ3) is 5.41. The first kappa shape index (κ1) is 13.4. The van der Waals surface area contributed by atoms with Gasteiger partial charge in [0.1, 0.15) is 4.38 Å². The van der Waals surface area contributed by atoms with E-state index in [1.54, 1.807) is 11.8 Å². The zero-order valence-electron chi connectivity index (χ0n) is 9.12. The monoisotopic (exact) mass is 261 g/mol. The molecule has 0 spiro atoms. The van der Waals surface area contributed by atoms with E-state index >= 15 is 0 Å². The lowest BCUT2D eigenvalue weighted by Gasteiger charge is -2.04. The van der Waals surface area contributed by atoms with Crippen LogP contribution >= 0.6 is 23.5 Å². The second-order valence-electron chi connectivity index (χ2n) is 3.02. The number of thioether (sulfide) groups is 2. The van der Waals surface area contributed by atoms with E-state index in [0.717, 1.165) is 16.7 Å². The van der Waals surface area contributed by atoms with Crippen LogP contribution in [0.1, 0.15) is 6.92 Å². The van der Waals surface area contributed by atoms with Crippen molar-refractivity contribution in [2.75, 3.05) is 31.1 Å². The predicted octanol–water partition coefficient (Wildman–Crippen LogP) is 0.0747. The van der Waals surface area contributed by atoms with Crippen LogP contribution in [0.25, 0.3) is 0 Å². The summed E-state index contributed by atoms with van der Waals surface area (Å²) < 4.78 is 0.966. The van der Waals surface area contributed by atoms with Crippen LogP contribution in [0, 0.1) is 0 Å². The van der Waals surface area contributed by atoms with E-state index in [9.17, 15) is 9.59 Å². The van der Waals surface area contributed by atoms with Gasteiger partial charge in [-0.25, -0.2) is 0 Å². The molecule has 0 radical (unpaired) electrons. The molecule has 1 aliphatic heterocycles. The van der Waals surface area contributed by atoms with Crippen molar-refractivity contribution in [3.63, 3.8) is 0 Å². The van der Waals surface area contributed by atoms with Crippen LogP contribution in [0.3, 0.4) is 0 Å². The number of hydrogen-bond acceptors (Lipinski definition) is 5. The first-order valence-electron chi connectivity index (χ1n) is 5.06. The zero-order chi connectivity index (χ0) is 11.8. The van der Waals surface area contributed by atoms with Gasteiger partial charge in [-0.15, -0.1) is 0 Å². The molecular weight excluding hydrogens is 246 g/mol. The molecule has 1 rings (SSSR count). The maximum atomic E-state index is 11.3. The Morgan fingerprint density at radius 2 is 2.25 bits per heavy atom. The van der Waals surface area contributed by atoms with Crippen molar-refractivity contribution in [3.8, 4) is 0 Å². The molecule has 0 fully saturated rings. The summed E-state index contributed by atoms with van der Waals surface area (Å²) >= 11 is 3.10. The van der Waals surface area contributed by atoms with Gasteiger partial charge in [0.15, 0.2) is 0 Å². The molecule has 7 heteroatoms. The average Bonchev–Trinajstić information content (AvgIpc) is 2.77. The lowest BCUT2D eigenvalue weighted by molar-refractivity contribution is -0.124. The number of likely N-dealkylation sites (N-methyl/N-ethyl adjacent to an activating group) is 1.